The zero-order valence-electron chi connectivity index (χ0n) is 17.4. The van der Waals surface area contributed by atoms with Gasteiger partial charge in [-0.2, -0.15) is 0 Å². The number of aliphatic hydroxyl groups excluding tert-OH is 1. The lowest BCUT2D eigenvalue weighted by Gasteiger charge is -2.23. The number of anilines is 3. The standard InChI is InChI=1S/C21H27ClN4O4S/c1-31(29,30)18-8-7-16(12-17(18)22)26(21(28)9-6-15-4-2-3-5-15)20-14-24-19(13-25-20)23-10-11-27/h7-8,12-15,27H,2-6,9-11H2,1H3,(H,23,24). The van der Waals surface area contributed by atoms with Gasteiger partial charge in [-0.15, -0.1) is 0 Å². The molecule has 0 atom stereocenters. The lowest BCUT2D eigenvalue weighted by Crippen LogP contribution is -2.27. The van der Waals surface area contributed by atoms with Gasteiger partial charge in [0.05, 0.1) is 34.6 Å². The number of carbonyl (C=O) groups excluding carboxylic acids is 1. The summed E-state index contributed by atoms with van der Waals surface area (Å²) in [6.45, 7) is 0.293. The first kappa shape index (κ1) is 23.4. The summed E-state index contributed by atoms with van der Waals surface area (Å²) in [7, 11) is -3.49. The predicted molar refractivity (Wildman–Crippen MR) is 121 cm³/mol. The van der Waals surface area contributed by atoms with Gasteiger partial charge < -0.3 is 10.4 Å². The molecular weight excluding hydrogens is 440 g/mol. The van der Waals surface area contributed by atoms with Crippen LogP contribution in [0.2, 0.25) is 5.02 Å². The molecule has 10 heteroatoms. The van der Waals surface area contributed by atoms with Gasteiger partial charge in [-0.1, -0.05) is 37.3 Å². The summed E-state index contributed by atoms with van der Waals surface area (Å²) in [5.41, 5.74) is 0.430. The number of aliphatic hydroxyl groups is 1. The Morgan fingerprint density at radius 1 is 1.26 bits per heavy atom. The fraction of sp³-hybridized carbons (Fsp3) is 0.476. The molecule has 8 nitrogen and oxygen atoms in total. The molecule has 1 aromatic heterocycles. The smallest absolute Gasteiger partial charge is 0.232 e. The molecule has 168 valence electrons. The molecule has 0 unspecified atom stereocenters. The van der Waals surface area contributed by atoms with E-state index in [9.17, 15) is 13.2 Å². The van der Waals surface area contributed by atoms with E-state index in [-0.39, 0.29) is 22.4 Å². The van der Waals surface area contributed by atoms with Crippen molar-refractivity contribution < 1.29 is 18.3 Å². The quantitative estimate of drug-likeness (QED) is 0.580. The van der Waals surface area contributed by atoms with Gasteiger partial charge in [-0.25, -0.2) is 18.4 Å². The molecule has 1 aliphatic carbocycles. The first-order valence-electron chi connectivity index (χ1n) is 10.3. The second kappa shape index (κ2) is 10.4. The van der Waals surface area contributed by atoms with Crippen molar-refractivity contribution in [2.75, 3.05) is 29.6 Å². The van der Waals surface area contributed by atoms with Crippen LogP contribution in [0.4, 0.5) is 17.3 Å². The summed E-state index contributed by atoms with van der Waals surface area (Å²) in [4.78, 5) is 23.2. The van der Waals surface area contributed by atoms with E-state index in [1.165, 1.54) is 42.3 Å². The first-order chi connectivity index (χ1) is 14.8. The second-order valence-corrected chi connectivity index (χ2v) is 10.1. The SMILES string of the molecule is CS(=O)(=O)c1ccc(N(C(=O)CCC2CCCC2)c2cnc(NCCO)cn2)cc1Cl. The fourth-order valence-electron chi connectivity index (χ4n) is 3.78. The number of sulfone groups is 1. The summed E-state index contributed by atoms with van der Waals surface area (Å²) in [5, 5.41) is 11.9. The summed E-state index contributed by atoms with van der Waals surface area (Å²) in [6.07, 6.45) is 9.89. The average Bonchev–Trinajstić information content (AvgIpc) is 3.25. The Hall–Kier alpha value is -2.23. The van der Waals surface area contributed by atoms with Gasteiger partial charge in [0.1, 0.15) is 5.82 Å². The molecule has 0 saturated heterocycles. The highest BCUT2D eigenvalue weighted by molar-refractivity contribution is 7.90. The van der Waals surface area contributed by atoms with Crippen LogP contribution in [0, 0.1) is 5.92 Å². The molecule has 0 spiro atoms. The number of nitrogens with one attached hydrogen (secondary N) is 1. The molecule has 0 radical (unpaired) electrons. The van der Waals surface area contributed by atoms with Crippen molar-refractivity contribution in [3.8, 4) is 0 Å². The Morgan fingerprint density at radius 2 is 2.00 bits per heavy atom. The number of aromatic nitrogens is 2. The zero-order valence-corrected chi connectivity index (χ0v) is 19.0. The number of halogens is 1. The van der Waals surface area contributed by atoms with E-state index < -0.39 is 9.84 Å². The molecule has 1 saturated carbocycles. The van der Waals surface area contributed by atoms with Gasteiger partial charge in [-0.05, 0) is 30.5 Å². The van der Waals surface area contributed by atoms with Crippen LogP contribution in [0.3, 0.4) is 0 Å². The molecule has 1 fully saturated rings. The van der Waals surface area contributed by atoms with E-state index in [2.05, 4.69) is 15.3 Å². The van der Waals surface area contributed by atoms with Gasteiger partial charge in [-0.3, -0.25) is 9.69 Å². The molecule has 1 heterocycles. The van der Waals surface area contributed by atoms with Crippen molar-refractivity contribution in [2.24, 2.45) is 5.92 Å². The normalized spacial score (nSPS) is 14.5. The van der Waals surface area contributed by atoms with Crippen molar-refractivity contribution >= 4 is 44.7 Å². The number of hydrogen-bond acceptors (Lipinski definition) is 7. The minimum Gasteiger partial charge on any atom is -0.395 e. The van der Waals surface area contributed by atoms with Gasteiger partial charge in [0.15, 0.2) is 15.7 Å². The summed E-state index contributed by atoms with van der Waals surface area (Å²) in [6, 6.07) is 4.41. The molecule has 0 bridgehead atoms. The topological polar surface area (TPSA) is 112 Å². The summed E-state index contributed by atoms with van der Waals surface area (Å²) in [5.74, 6) is 1.19. The Morgan fingerprint density at radius 3 is 2.58 bits per heavy atom. The van der Waals surface area contributed by atoms with Crippen LogP contribution in [0.5, 0.6) is 0 Å². The summed E-state index contributed by atoms with van der Waals surface area (Å²) >= 11 is 6.23. The van der Waals surface area contributed by atoms with Crippen LogP contribution in [-0.2, 0) is 14.6 Å². The highest BCUT2D eigenvalue weighted by Gasteiger charge is 2.24. The molecule has 2 N–H and O–H groups in total. The lowest BCUT2D eigenvalue weighted by atomic mass is 10.0. The maximum atomic E-state index is 13.2. The van der Waals surface area contributed by atoms with Crippen molar-refractivity contribution in [3.63, 3.8) is 0 Å². The predicted octanol–water partition coefficient (Wildman–Crippen LogP) is 3.57. The Kier molecular flexibility index (Phi) is 7.85. The minimum atomic E-state index is -3.49. The van der Waals surface area contributed by atoms with Crippen molar-refractivity contribution in [1.29, 1.82) is 0 Å². The van der Waals surface area contributed by atoms with Gasteiger partial charge in [0.2, 0.25) is 5.91 Å². The number of carbonyl (C=O) groups is 1. The molecule has 1 aliphatic rings. The average molecular weight is 467 g/mol. The number of amides is 1. The largest absolute Gasteiger partial charge is 0.395 e. The number of nitrogens with zero attached hydrogens (tertiary/aromatic N) is 3. The van der Waals surface area contributed by atoms with E-state index in [0.717, 1.165) is 25.5 Å². The number of rotatable bonds is 9. The van der Waals surface area contributed by atoms with E-state index in [1.807, 2.05) is 0 Å². The second-order valence-electron chi connectivity index (χ2n) is 7.72. The molecule has 1 amide bonds. The van der Waals surface area contributed by atoms with Gasteiger partial charge in [0.25, 0.3) is 0 Å². The third-order valence-electron chi connectivity index (χ3n) is 5.35. The fourth-order valence-corrected chi connectivity index (χ4v) is 5.11. The van der Waals surface area contributed by atoms with E-state index in [1.54, 1.807) is 6.07 Å². The van der Waals surface area contributed by atoms with E-state index in [4.69, 9.17) is 16.7 Å². The third kappa shape index (κ3) is 6.15. The van der Waals surface area contributed by atoms with Crippen molar-refractivity contribution in [1.82, 2.24) is 9.97 Å². The molecule has 0 aliphatic heterocycles. The number of hydrogen-bond donors (Lipinski definition) is 2. The maximum absolute atomic E-state index is 13.2. The lowest BCUT2D eigenvalue weighted by molar-refractivity contribution is -0.118. The Labute approximate surface area is 187 Å². The van der Waals surface area contributed by atoms with Crippen LogP contribution in [-0.4, -0.2) is 48.8 Å². The van der Waals surface area contributed by atoms with Crippen LogP contribution in [0.15, 0.2) is 35.5 Å². The van der Waals surface area contributed by atoms with Crippen LogP contribution in [0.25, 0.3) is 0 Å². The van der Waals surface area contributed by atoms with E-state index in [0.29, 0.717) is 36.2 Å². The molecule has 31 heavy (non-hydrogen) atoms. The van der Waals surface area contributed by atoms with Crippen molar-refractivity contribution in [2.45, 2.75) is 43.4 Å². The third-order valence-corrected chi connectivity index (χ3v) is 6.93. The Bertz CT molecular complexity index is 1010. The molecule has 3 rings (SSSR count). The van der Waals surface area contributed by atoms with Crippen LogP contribution in [0.1, 0.15) is 38.5 Å². The van der Waals surface area contributed by atoms with Crippen LogP contribution < -0.4 is 10.2 Å². The number of benzene rings is 1. The monoisotopic (exact) mass is 466 g/mol. The first-order valence-corrected chi connectivity index (χ1v) is 12.6. The highest BCUT2D eigenvalue weighted by atomic mass is 35.5. The summed E-state index contributed by atoms with van der Waals surface area (Å²) < 4.78 is 23.8. The minimum absolute atomic E-state index is 0.00547. The van der Waals surface area contributed by atoms with Gasteiger partial charge in [0, 0.05) is 19.2 Å². The Balaban J connectivity index is 1.90. The molecule has 2 aromatic rings. The van der Waals surface area contributed by atoms with Crippen LogP contribution >= 0.6 is 11.6 Å². The zero-order chi connectivity index (χ0) is 22.4. The maximum Gasteiger partial charge on any atom is 0.232 e. The van der Waals surface area contributed by atoms with E-state index >= 15 is 0 Å². The van der Waals surface area contributed by atoms with Crippen molar-refractivity contribution in [3.05, 3.63) is 35.6 Å². The molecular formula is C21H27ClN4O4S. The molecule has 1 aromatic carbocycles. The van der Waals surface area contributed by atoms with Gasteiger partial charge >= 0.3 is 0 Å². The highest BCUT2D eigenvalue weighted by Crippen LogP contribution is 2.33.